The SMILES string of the molecule is O=C(O)C(F)(F)F.O=C(O)c1ccc(-c2ccc3c(c2)CC[C@H](CNCC(O)COc2cccc([N+](=O)[O-])c2)O3)cc1. The number of carboxylic acids is 2. The molecule has 0 amide bonds. The van der Waals surface area contributed by atoms with Crippen molar-refractivity contribution >= 4 is 17.6 Å². The maximum atomic E-state index is 11.0. The van der Waals surface area contributed by atoms with Gasteiger partial charge in [0.05, 0.1) is 16.6 Å². The Morgan fingerprint density at radius 1 is 1.07 bits per heavy atom. The summed E-state index contributed by atoms with van der Waals surface area (Å²) in [6, 6.07) is 18.6. The zero-order valence-corrected chi connectivity index (χ0v) is 21.9. The first-order valence-corrected chi connectivity index (χ1v) is 12.5. The molecule has 0 saturated heterocycles. The van der Waals surface area contributed by atoms with Crippen molar-refractivity contribution in [3.8, 4) is 22.6 Å². The molecule has 0 bridgehead atoms. The Kier molecular flexibility index (Phi) is 10.8. The maximum absolute atomic E-state index is 11.0. The molecule has 0 radical (unpaired) electrons. The number of aryl methyl sites for hydroxylation is 1. The molecule has 224 valence electrons. The van der Waals surface area contributed by atoms with Crippen LogP contribution in [0.15, 0.2) is 66.7 Å². The van der Waals surface area contributed by atoms with Crippen molar-refractivity contribution in [2.24, 2.45) is 0 Å². The molecule has 4 rings (SSSR count). The van der Waals surface area contributed by atoms with Gasteiger partial charge in [-0.05, 0) is 59.9 Å². The highest BCUT2D eigenvalue weighted by atomic mass is 19.4. The van der Waals surface area contributed by atoms with Crippen molar-refractivity contribution < 1.29 is 52.5 Å². The topological polar surface area (TPSA) is 168 Å². The number of halogens is 3. The maximum Gasteiger partial charge on any atom is 0.490 e. The van der Waals surface area contributed by atoms with E-state index in [0.29, 0.717) is 18.8 Å². The molecular weight excluding hydrogens is 565 g/mol. The molecular formula is C28H27F3N2O9. The van der Waals surface area contributed by atoms with Gasteiger partial charge in [0.15, 0.2) is 0 Å². The Morgan fingerprint density at radius 2 is 1.74 bits per heavy atom. The highest BCUT2D eigenvalue weighted by molar-refractivity contribution is 5.88. The first kappa shape index (κ1) is 31.8. The van der Waals surface area contributed by atoms with Gasteiger partial charge in [-0.2, -0.15) is 13.2 Å². The summed E-state index contributed by atoms with van der Waals surface area (Å²) < 4.78 is 43.3. The fourth-order valence-electron chi connectivity index (χ4n) is 3.92. The third-order valence-electron chi connectivity index (χ3n) is 6.02. The highest BCUT2D eigenvalue weighted by Gasteiger charge is 2.38. The molecule has 0 aliphatic carbocycles. The highest BCUT2D eigenvalue weighted by Crippen LogP contribution is 2.32. The Labute approximate surface area is 237 Å². The summed E-state index contributed by atoms with van der Waals surface area (Å²) in [5.74, 6) is -2.55. The number of aliphatic hydroxyl groups excluding tert-OH is 1. The lowest BCUT2D eigenvalue weighted by atomic mass is 9.96. The van der Waals surface area contributed by atoms with Crippen LogP contribution in [0.2, 0.25) is 0 Å². The van der Waals surface area contributed by atoms with Crippen molar-refractivity contribution in [3.05, 3.63) is 88.0 Å². The molecule has 3 aromatic rings. The summed E-state index contributed by atoms with van der Waals surface area (Å²) in [5, 5.41) is 40.4. The number of nitrogens with one attached hydrogen (secondary N) is 1. The van der Waals surface area contributed by atoms with Crippen LogP contribution in [0.4, 0.5) is 18.9 Å². The Morgan fingerprint density at radius 3 is 2.36 bits per heavy atom. The fraction of sp³-hybridized carbons (Fsp3) is 0.286. The number of nitro benzene ring substituents is 1. The summed E-state index contributed by atoms with van der Waals surface area (Å²) in [6.45, 7) is 0.872. The van der Waals surface area contributed by atoms with Crippen LogP contribution in [-0.2, 0) is 11.2 Å². The van der Waals surface area contributed by atoms with Crippen LogP contribution >= 0.6 is 0 Å². The van der Waals surface area contributed by atoms with Gasteiger partial charge in [0.25, 0.3) is 5.69 Å². The van der Waals surface area contributed by atoms with Gasteiger partial charge < -0.3 is 30.1 Å². The molecule has 0 saturated carbocycles. The number of alkyl halides is 3. The normalized spacial score (nSPS) is 14.8. The first-order valence-electron chi connectivity index (χ1n) is 12.5. The first-order chi connectivity index (χ1) is 19.8. The van der Waals surface area contributed by atoms with Gasteiger partial charge in [0.2, 0.25) is 0 Å². The average Bonchev–Trinajstić information content (AvgIpc) is 2.96. The van der Waals surface area contributed by atoms with Crippen LogP contribution in [0, 0.1) is 10.1 Å². The second-order valence-corrected chi connectivity index (χ2v) is 9.16. The lowest BCUT2D eigenvalue weighted by molar-refractivity contribution is -0.384. The van der Waals surface area contributed by atoms with E-state index in [4.69, 9.17) is 24.5 Å². The third-order valence-corrected chi connectivity index (χ3v) is 6.02. The fourth-order valence-corrected chi connectivity index (χ4v) is 3.92. The van der Waals surface area contributed by atoms with Crippen LogP contribution in [0.25, 0.3) is 11.1 Å². The number of nitrogens with zero attached hydrogens (tertiary/aromatic N) is 1. The van der Waals surface area contributed by atoms with Gasteiger partial charge in [-0.25, -0.2) is 9.59 Å². The number of hydrogen-bond donors (Lipinski definition) is 4. The third kappa shape index (κ3) is 9.45. The van der Waals surface area contributed by atoms with E-state index in [1.54, 1.807) is 30.3 Å². The van der Waals surface area contributed by atoms with Gasteiger partial charge in [-0.15, -0.1) is 0 Å². The number of carbonyl (C=O) groups is 2. The molecule has 1 heterocycles. The average molecular weight is 593 g/mol. The monoisotopic (exact) mass is 592 g/mol. The molecule has 3 aromatic carbocycles. The van der Waals surface area contributed by atoms with Crippen molar-refractivity contribution in [3.63, 3.8) is 0 Å². The molecule has 2 atom stereocenters. The van der Waals surface area contributed by atoms with Crippen molar-refractivity contribution in [1.82, 2.24) is 5.32 Å². The second-order valence-electron chi connectivity index (χ2n) is 9.16. The van der Waals surface area contributed by atoms with Crippen LogP contribution in [0.1, 0.15) is 22.3 Å². The van der Waals surface area contributed by atoms with E-state index in [1.165, 1.54) is 18.2 Å². The van der Waals surface area contributed by atoms with E-state index in [9.17, 15) is 33.2 Å². The number of non-ortho nitro benzene ring substituents is 1. The Bertz CT molecular complexity index is 1400. The number of aliphatic carboxylic acids is 1. The molecule has 42 heavy (non-hydrogen) atoms. The molecule has 1 aliphatic rings. The summed E-state index contributed by atoms with van der Waals surface area (Å²) in [7, 11) is 0. The summed E-state index contributed by atoms with van der Waals surface area (Å²) in [5.41, 5.74) is 3.25. The molecule has 11 nitrogen and oxygen atoms in total. The summed E-state index contributed by atoms with van der Waals surface area (Å²) >= 11 is 0. The zero-order valence-electron chi connectivity index (χ0n) is 21.9. The van der Waals surface area contributed by atoms with Gasteiger partial charge >= 0.3 is 18.1 Å². The Hall–Kier alpha value is -4.69. The lowest BCUT2D eigenvalue weighted by Crippen LogP contribution is -2.39. The number of hydrogen-bond acceptors (Lipinski definition) is 8. The Balaban J connectivity index is 0.000000616. The number of benzene rings is 3. The van der Waals surface area contributed by atoms with E-state index >= 15 is 0 Å². The largest absolute Gasteiger partial charge is 0.491 e. The number of rotatable bonds is 10. The minimum atomic E-state index is -5.08. The van der Waals surface area contributed by atoms with Crippen LogP contribution in [0.5, 0.6) is 11.5 Å². The predicted molar refractivity (Wildman–Crippen MR) is 143 cm³/mol. The number of nitro groups is 1. The van der Waals surface area contributed by atoms with Crippen LogP contribution in [-0.4, -0.2) is 70.3 Å². The summed E-state index contributed by atoms with van der Waals surface area (Å²) in [4.78, 5) is 30.3. The van der Waals surface area contributed by atoms with E-state index in [-0.39, 0.29) is 24.0 Å². The number of ether oxygens (including phenoxy) is 2. The van der Waals surface area contributed by atoms with Crippen molar-refractivity contribution in [2.75, 3.05) is 19.7 Å². The smallest absolute Gasteiger partial charge is 0.490 e. The number of aromatic carboxylic acids is 1. The molecule has 0 spiro atoms. The van der Waals surface area contributed by atoms with Crippen molar-refractivity contribution in [1.29, 1.82) is 0 Å². The molecule has 14 heteroatoms. The molecule has 0 aromatic heterocycles. The van der Waals surface area contributed by atoms with Crippen molar-refractivity contribution in [2.45, 2.75) is 31.2 Å². The zero-order chi connectivity index (χ0) is 30.9. The van der Waals surface area contributed by atoms with E-state index in [1.807, 2.05) is 12.1 Å². The van der Waals surface area contributed by atoms with Gasteiger partial charge in [-0.3, -0.25) is 10.1 Å². The van der Waals surface area contributed by atoms with Gasteiger partial charge in [0.1, 0.15) is 30.3 Å². The summed E-state index contributed by atoms with van der Waals surface area (Å²) in [6.07, 6.45) is -4.23. The lowest BCUT2D eigenvalue weighted by Gasteiger charge is -2.27. The molecule has 1 aliphatic heterocycles. The molecule has 4 N–H and O–H groups in total. The minimum Gasteiger partial charge on any atom is -0.491 e. The van der Waals surface area contributed by atoms with Gasteiger partial charge in [0, 0.05) is 19.2 Å². The number of fused-ring (bicyclic) bond motifs is 1. The van der Waals surface area contributed by atoms with E-state index in [0.717, 1.165) is 35.3 Å². The number of carboxylic acid groups (broad SMARTS) is 2. The second kappa shape index (κ2) is 14.3. The van der Waals surface area contributed by atoms with E-state index in [2.05, 4.69) is 11.4 Å². The van der Waals surface area contributed by atoms with E-state index < -0.39 is 29.1 Å². The number of aliphatic hydroxyl groups is 1. The molecule has 1 unspecified atom stereocenters. The van der Waals surface area contributed by atoms with Crippen LogP contribution in [0.3, 0.4) is 0 Å². The van der Waals surface area contributed by atoms with Crippen LogP contribution < -0.4 is 14.8 Å². The molecule has 0 fully saturated rings. The predicted octanol–water partition coefficient (Wildman–Crippen LogP) is 4.32. The quantitative estimate of drug-likeness (QED) is 0.197. The van der Waals surface area contributed by atoms with Gasteiger partial charge in [-0.1, -0.05) is 24.3 Å². The standard InChI is InChI=1S/C26H26N2O7.C2HF3O2/c29-22(16-34-23-3-1-2-21(13-23)28(32)33)14-27-15-24-10-8-20-12-19(9-11-25(20)35-24)17-4-6-18(7-5-17)26(30)31;3-2(4,5)1(6)7/h1-7,9,11-13,22,24,27,29H,8,10,14-16H2,(H,30,31);(H,6,7)/t22?,24-;/m1./s1. The minimum absolute atomic E-state index is 0.0126.